The maximum absolute atomic E-state index is 10.2. The van der Waals surface area contributed by atoms with E-state index < -0.39 is 6.10 Å². The number of aliphatic hydroxyl groups excluding tert-OH is 1. The van der Waals surface area contributed by atoms with Gasteiger partial charge in [0.2, 0.25) is 0 Å². The Morgan fingerprint density at radius 1 is 1.04 bits per heavy atom. The molecule has 0 bridgehead atoms. The second kappa shape index (κ2) is 8.18. The maximum Gasteiger partial charge on any atom is 0.137 e. The molecule has 24 heavy (non-hydrogen) atoms. The minimum absolute atomic E-state index is 0.356. The molecule has 0 radical (unpaired) electrons. The van der Waals surface area contributed by atoms with Gasteiger partial charge in [0.05, 0.1) is 26.2 Å². The van der Waals surface area contributed by atoms with Crippen molar-refractivity contribution in [2.24, 2.45) is 0 Å². The van der Waals surface area contributed by atoms with Crippen LogP contribution >= 0.6 is 0 Å². The minimum Gasteiger partial charge on any atom is -0.491 e. The number of ether oxygens (including phenoxy) is 1. The van der Waals surface area contributed by atoms with E-state index in [0.29, 0.717) is 6.61 Å². The number of hydrogen-bond donors (Lipinski definition) is 2. The molecule has 1 aliphatic rings. The summed E-state index contributed by atoms with van der Waals surface area (Å²) in [5.41, 5.74) is 2.59. The van der Waals surface area contributed by atoms with Crippen molar-refractivity contribution in [3.05, 3.63) is 60.2 Å². The Morgan fingerprint density at radius 3 is 2.38 bits per heavy atom. The lowest BCUT2D eigenvalue weighted by Gasteiger charge is -2.34. The van der Waals surface area contributed by atoms with Gasteiger partial charge >= 0.3 is 0 Å². The van der Waals surface area contributed by atoms with Crippen molar-refractivity contribution >= 4 is 5.69 Å². The molecule has 3 rings (SSSR count). The molecule has 2 aromatic carbocycles. The topological polar surface area (TPSA) is 37.1 Å². The molecule has 4 nitrogen and oxygen atoms in total. The Bertz CT molecular complexity index is 607. The van der Waals surface area contributed by atoms with Crippen molar-refractivity contribution in [2.45, 2.75) is 13.0 Å². The van der Waals surface area contributed by atoms with Crippen molar-refractivity contribution < 1.29 is 14.7 Å². The quantitative estimate of drug-likeness (QED) is 0.835. The largest absolute Gasteiger partial charge is 0.491 e. The lowest BCUT2D eigenvalue weighted by molar-refractivity contribution is -0.903. The van der Waals surface area contributed by atoms with E-state index in [0.717, 1.165) is 38.5 Å². The minimum atomic E-state index is -0.425. The number of anilines is 1. The van der Waals surface area contributed by atoms with Crippen molar-refractivity contribution in [1.29, 1.82) is 0 Å². The van der Waals surface area contributed by atoms with Crippen molar-refractivity contribution in [3.63, 3.8) is 0 Å². The van der Waals surface area contributed by atoms with Crippen molar-refractivity contribution in [3.8, 4) is 5.75 Å². The second-order valence-electron chi connectivity index (χ2n) is 6.55. The van der Waals surface area contributed by atoms with Gasteiger partial charge in [-0.15, -0.1) is 0 Å². The first-order chi connectivity index (χ1) is 11.7. The van der Waals surface area contributed by atoms with Gasteiger partial charge < -0.3 is 19.6 Å². The van der Waals surface area contributed by atoms with Crippen LogP contribution in [0.4, 0.5) is 5.69 Å². The molecule has 0 aliphatic carbocycles. The molecular formula is C20H27N2O2+. The van der Waals surface area contributed by atoms with E-state index in [9.17, 15) is 5.11 Å². The SMILES string of the molecule is Cc1ccc(N2CC[NH+](CC(O)COc3ccccc3)CC2)cc1. The van der Waals surface area contributed by atoms with E-state index in [1.165, 1.54) is 16.2 Å². The van der Waals surface area contributed by atoms with E-state index in [1.807, 2.05) is 30.3 Å². The molecule has 1 atom stereocenters. The number of nitrogens with zero attached hydrogens (tertiary/aromatic N) is 1. The van der Waals surface area contributed by atoms with Gasteiger partial charge in [0.15, 0.2) is 0 Å². The molecule has 0 aromatic heterocycles. The van der Waals surface area contributed by atoms with E-state index >= 15 is 0 Å². The lowest BCUT2D eigenvalue weighted by atomic mass is 10.2. The summed E-state index contributed by atoms with van der Waals surface area (Å²) in [5.74, 6) is 0.816. The third kappa shape index (κ3) is 4.73. The molecule has 1 fully saturated rings. The van der Waals surface area contributed by atoms with Crippen molar-refractivity contribution in [2.75, 3.05) is 44.2 Å². The summed E-state index contributed by atoms with van der Waals surface area (Å²) in [6.45, 7) is 7.39. The van der Waals surface area contributed by atoms with Crippen LogP contribution in [0.1, 0.15) is 5.56 Å². The molecule has 128 valence electrons. The molecule has 4 heteroatoms. The fraction of sp³-hybridized carbons (Fsp3) is 0.400. The predicted octanol–water partition coefficient (Wildman–Crippen LogP) is 1.14. The summed E-state index contributed by atoms with van der Waals surface area (Å²) in [6.07, 6.45) is -0.425. The van der Waals surface area contributed by atoms with Crippen LogP contribution in [-0.4, -0.2) is 50.5 Å². The first-order valence-electron chi connectivity index (χ1n) is 8.72. The average molecular weight is 327 g/mol. The third-order valence-corrected chi connectivity index (χ3v) is 4.58. The molecule has 0 amide bonds. The number of benzene rings is 2. The van der Waals surface area contributed by atoms with E-state index in [2.05, 4.69) is 36.1 Å². The van der Waals surface area contributed by atoms with E-state index in [4.69, 9.17) is 4.74 Å². The van der Waals surface area contributed by atoms with Gasteiger partial charge in [0, 0.05) is 5.69 Å². The van der Waals surface area contributed by atoms with Gasteiger partial charge in [-0.2, -0.15) is 0 Å². The number of para-hydroxylation sites is 1. The zero-order chi connectivity index (χ0) is 16.8. The van der Waals surface area contributed by atoms with Crippen LogP contribution in [0.15, 0.2) is 54.6 Å². The zero-order valence-electron chi connectivity index (χ0n) is 14.3. The summed E-state index contributed by atoms with van der Waals surface area (Å²) < 4.78 is 5.64. The molecule has 1 heterocycles. The van der Waals surface area contributed by atoms with Gasteiger partial charge in [-0.25, -0.2) is 0 Å². The number of nitrogens with one attached hydrogen (secondary N) is 1. The van der Waals surface area contributed by atoms with Crippen molar-refractivity contribution in [1.82, 2.24) is 0 Å². The molecule has 2 N–H and O–H groups in total. The van der Waals surface area contributed by atoms with E-state index in [-0.39, 0.29) is 0 Å². The molecule has 0 spiro atoms. The Kier molecular flexibility index (Phi) is 5.72. The first-order valence-corrected chi connectivity index (χ1v) is 8.72. The van der Waals surface area contributed by atoms with Gasteiger partial charge in [0.1, 0.15) is 25.0 Å². The number of piperazine rings is 1. The highest BCUT2D eigenvalue weighted by Crippen LogP contribution is 2.14. The van der Waals surface area contributed by atoms with Gasteiger partial charge in [-0.05, 0) is 31.2 Å². The molecule has 2 aromatic rings. The van der Waals surface area contributed by atoms with Gasteiger partial charge in [-0.1, -0.05) is 35.9 Å². The molecule has 1 saturated heterocycles. The summed E-state index contributed by atoms with van der Waals surface area (Å²) in [4.78, 5) is 3.87. The first kappa shape index (κ1) is 16.8. The van der Waals surface area contributed by atoms with Gasteiger partial charge in [-0.3, -0.25) is 0 Å². The average Bonchev–Trinajstić information content (AvgIpc) is 2.62. The number of quaternary nitrogens is 1. The smallest absolute Gasteiger partial charge is 0.137 e. The fourth-order valence-electron chi connectivity index (χ4n) is 3.14. The zero-order valence-corrected chi connectivity index (χ0v) is 14.3. The number of hydrogen-bond acceptors (Lipinski definition) is 3. The van der Waals surface area contributed by atoms with Crippen LogP contribution < -0.4 is 14.5 Å². The Morgan fingerprint density at radius 2 is 1.71 bits per heavy atom. The maximum atomic E-state index is 10.2. The highest BCUT2D eigenvalue weighted by atomic mass is 16.5. The summed E-state index contributed by atoms with van der Waals surface area (Å²) >= 11 is 0. The van der Waals surface area contributed by atoms with Crippen LogP contribution in [0.3, 0.4) is 0 Å². The van der Waals surface area contributed by atoms with Crippen LogP contribution in [0, 0.1) is 6.92 Å². The second-order valence-corrected chi connectivity index (χ2v) is 6.55. The highest BCUT2D eigenvalue weighted by molar-refractivity contribution is 5.47. The monoisotopic (exact) mass is 327 g/mol. The molecule has 1 unspecified atom stereocenters. The Balaban J connectivity index is 1.41. The Hall–Kier alpha value is -2.04. The lowest BCUT2D eigenvalue weighted by Crippen LogP contribution is -3.16. The van der Waals surface area contributed by atoms with Crippen LogP contribution in [0.5, 0.6) is 5.75 Å². The number of aliphatic hydroxyl groups is 1. The van der Waals surface area contributed by atoms with E-state index in [1.54, 1.807) is 0 Å². The third-order valence-electron chi connectivity index (χ3n) is 4.58. The molecule has 0 saturated carbocycles. The predicted molar refractivity (Wildman–Crippen MR) is 96.9 cm³/mol. The van der Waals surface area contributed by atoms with Crippen LogP contribution in [-0.2, 0) is 0 Å². The fourth-order valence-corrected chi connectivity index (χ4v) is 3.14. The summed E-state index contributed by atoms with van der Waals surface area (Å²) in [7, 11) is 0. The standard InChI is InChI=1S/C20H26N2O2/c1-17-7-9-18(10-8-17)22-13-11-21(12-14-22)15-19(23)16-24-20-5-3-2-4-6-20/h2-10,19,23H,11-16H2,1H3/p+1. The Labute approximate surface area is 144 Å². The van der Waals surface area contributed by atoms with Crippen LogP contribution in [0.25, 0.3) is 0 Å². The molecule has 1 aliphatic heterocycles. The van der Waals surface area contributed by atoms with Gasteiger partial charge in [0.25, 0.3) is 0 Å². The van der Waals surface area contributed by atoms with Crippen LogP contribution in [0.2, 0.25) is 0 Å². The molecular weight excluding hydrogens is 300 g/mol. The normalized spacial score (nSPS) is 16.8. The highest BCUT2D eigenvalue weighted by Gasteiger charge is 2.22. The summed E-state index contributed by atoms with van der Waals surface area (Å²) in [6, 6.07) is 18.4. The number of aryl methyl sites for hydroxylation is 1. The summed E-state index contributed by atoms with van der Waals surface area (Å²) in [5, 5.41) is 10.2. The number of rotatable bonds is 6.